The second-order valence-electron chi connectivity index (χ2n) is 17.6. The lowest BCUT2D eigenvalue weighted by atomic mass is 10.0. The van der Waals surface area contributed by atoms with Gasteiger partial charge in [0, 0.05) is 19.4 Å². The Morgan fingerprint density at radius 2 is 0.793 bits per heavy atom. The zero-order valence-electron chi connectivity index (χ0n) is 38.8. The van der Waals surface area contributed by atoms with Gasteiger partial charge >= 0.3 is 11.9 Å². The normalized spacial score (nSPS) is 12.2. The summed E-state index contributed by atoms with van der Waals surface area (Å²) in [4.78, 5) is 28.1. The van der Waals surface area contributed by atoms with Crippen LogP contribution in [0.15, 0.2) is 30.3 Å². The van der Waals surface area contributed by atoms with Gasteiger partial charge in [0.15, 0.2) is 0 Å². The van der Waals surface area contributed by atoms with Gasteiger partial charge in [-0.15, -0.1) is 0 Å². The van der Waals surface area contributed by atoms with Gasteiger partial charge in [0.1, 0.15) is 12.2 Å². The third-order valence-corrected chi connectivity index (χ3v) is 11.9. The number of aliphatic hydroxyl groups is 1. The van der Waals surface area contributed by atoms with E-state index in [0.717, 1.165) is 121 Å². The number of aliphatic hydroxyl groups excluding tert-OH is 1. The molecule has 1 aromatic carbocycles. The summed E-state index contributed by atoms with van der Waals surface area (Å²) in [6.07, 6.45) is 37.8. The molecule has 0 fully saturated rings. The number of unbranched alkanes of at least 4 members (excludes halogenated alkanes) is 22. The lowest BCUT2D eigenvalue weighted by Gasteiger charge is -2.25. The van der Waals surface area contributed by atoms with Gasteiger partial charge in [-0.05, 0) is 95.7 Å². The minimum Gasteiger partial charge on any atom is -0.462 e. The molecule has 1 unspecified atom stereocenters. The molecule has 0 saturated heterocycles. The van der Waals surface area contributed by atoms with Crippen molar-refractivity contribution >= 4 is 11.9 Å². The van der Waals surface area contributed by atoms with Crippen molar-refractivity contribution in [3.8, 4) is 0 Å². The van der Waals surface area contributed by atoms with E-state index in [-0.39, 0.29) is 24.1 Å². The highest BCUT2D eigenvalue weighted by Gasteiger charge is 2.17. The zero-order valence-corrected chi connectivity index (χ0v) is 38.8. The first-order valence-electron chi connectivity index (χ1n) is 25.3. The Morgan fingerprint density at radius 1 is 0.466 bits per heavy atom. The molecule has 0 amide bonds. The highest BCUT2D eigenvalue weighted by atomic mass is 16.5. The van der Waals surface area contributed by atoms with Gasteiger partial charge in [-0.2, -0.15) is 0 Å². The van der Waals surface area contributed by atoms with Gasteiger partial charge < -0.3 is 19.5 Å². The minimum absolute atomic E-state index is 0.0107. The van der Waals surface area contributed by atoms with Crippen molar-refractivity contribution in [2.75, 3.05) is 19.6 Å². The number of hydrogen-bond donors (Lipinski definition) is 1. The molecule has 58 heavy (non-hydrogen) atoms. The molecule has 0 spiro atoms. The van der Waals surface area contributed by atoms with E-state index in [1.807, 2.05) is 30.3 Å². The molecule has 6 nitrogen and oxygen atoms in total. The zero-order chi connectivity index (χ0) is 42.2. The van der Waals surface area contributed by atoms with Crippen molar-refractivity contribution in [1.82, 2.24) is 4.90 Å². The van der Waals surface area contributed by atoms with E-state index in [2.05, 4.69) is 32.6 Å². The topological polar surface area (TPSA) is 76.1 Å². The molecule has 1 rings (SSSR count). The summed E-state index contributed by atoms with van der Waals surface area (Å²) < 4.78 is 12.1. The number of hydrogen-bond acceptors (Lipinski definition) is 6. The molecule has 0 aliphatic carbocycles. The fraction of sp³-hybridized carbons (Fsp3) is 0.846. The molecule has 0 heterocycles. The molecule has 6 heteroatoms. The summed E-state index contributed by atoms with van der Waals surface area (Å²) in [7, 11) is 0. The third kappa shape index (κ3) is 32.9. The van der Waals surface area contributed by atoms with Crippen LogP contribution < -0.4 is 0 Å². The second kappa shape index (κ2) is 40.5. The summed E-state index contributed by atoms with van der Waals surface area (Å²) >= 11 is 0. The Bertz CT molecular complexity index is 948. The predicted octanol–water partition coefficient (Wildman–Crippen LogP) is 15.2. The van der Waals surface area contributed by atoms with Crippen LogP contribution in [0.1, 0.15) is 258 Å². The standard InChI is InChI=1S/C52H95NO5/c1-5-9-13-17-28-38-48(39-29-18-14-10-6-2)57-51(55)42-32-21-23-34-44-53(46-50(54)47-36-26-25-27-37-47)45-35-24-22-33-43-52(56)58-49(40-30-19-15-11-7-3)41-31-20-16-12-8-4/h25-27,36-37,48-50,54H,5-24,28-35,38-46H2,1-4H3. The Kier molecular flexibility index (Phi) is 37.8. The molecule has 1 N–H and O–H groups in total. The fourth-order valence-corrected chi connectivity index (χ4v) is 8.15. The SMILES string of the molecule is CCCCCCCC(CCCCCCC)OC(=O)CCCCCCN(CCCCCCC(=O)OC(CCCCCCC)CCCCCCC)CC(O)c1ccccc1. The number of rotatable bonds is 43. The van der Waals surface area contributed by atoms with Crippen molar-refractivity contribution in [3.63, 3.8) is 0 Å². The largest absolute Gasteiger partial charge is 0.462 e. The summed E-state index contributed by atoms with van der Waals surface area (Å²) in [6.45, 7) is 11.5. The molecule has 0 saturated carbocycles. The summed E-state index contributed by atoms with van der Waals surface area (Å²) in [5.41, 5.74) is 0.963. The summed E-state index contributed by atoms with van der Waals surface area (Å²) in [6, 6.07) is 9.99. The smallest absolute Gasteiger partial charge is 0.306 e. The van der Waals surface area contributed by atoms with Crippen molar-refractivity contribution in [3.05, 3.63) is 35.9 Å². The van der Waals surface area contributed by atoms with Gasteiger partial charge in [-0.25, -0.2) is 0 Å². The number of esters is 2. The molecule has 0 radical (unpaired) electrons. The van der Waals surface area contributed by atoms with Gasteiger partial charge in [0.05, 0.1) is 6.10 Å². The predicted molar refractivity (Wildman–Crippen MR) is 247 cm³/mol. The molecule has 338 valence electrons. The lowest BCUT2D eigenvalue weighted by Crippen LogP contribution is -2.31. The highest BCUT2D eigenvalue weighted by Crippen LogP contribution is 2.21. The highest BCUT2D eigenvalue weighted by molar-refractivity contribution is 5.69. The van der Waals surface area contributed by atoms with Crippen LogP contribution in [0.2, 0.25) is 0 Å². The van der Waals surface area contributed by atoms with Gasteiger partial charge in [0.25, 0.3) is 0 Å². The Hall–Kier alpha value is -1.92. The molecule has 1 aromatic rings. The van der Waals surface area contributed by atoms with Crippen molar-refractivity contribution < 1.29 is 24.2 Å². The lowest BCUT2D eigenvalue weighted by molar-refractivity contribution is -0.151. The van der Waals surface area contributed by atoms with E-state index in [0.29, 0.717) is 19.4 Å². The average Bonchev–Trinajstić information content (AvgIpc) is 3.22. The molecule has 0 bridgehead atoms. The second-order valence-corrected chi connectivity index (χ2v) is 17.6. The Labute approximate surface area is 359 Å². The maximum atomic E-state index is 12.8. The first-order valence-corrected chi connectivity index (χ1v) is 25.3. The van der Waals surface area contributed by atoms with Crippen LogP contribution in [-0.2, 0) is 19.1 Å². The maximum absolute atomic E-state index is 12.8. The number of nitrogens with zero attached hydrogens (tertiary/aromatic N) is 1. The number of ether oxygens (including phenoxy) is 2. The van der Waals surface area contributed by atoms with Crippen LogP contribution in [0.3, 0.4) is 0 Å². The van der Waals surface area contributed by atoms with E-state index in [1.54, 1.807) is 0 Å². The van der Waals surface area contributed by atoms with Crippen molar-refractivity contribution in [2.45, 2.75) is 264 Å². The monoisotopic (exact) mass is 814 g/mol. The number of carbonyl (C=O) groups excluding carboxylic acids is 2. The van der Waals surface area contributed by atoms with Crippen LogP contribution in [0.25, 0.3) is 0 Å². The van der Waals surface area contributed by atoms with Crippen LogP contribution >= 0.6 is 0 Å². The molecule has 0 aliphatic rings. The van der Waals surface area contributed by atoms with Gasteiger partial charge in [-0.3, -0.25) is 9.59 Å². The third-order valence-electron chi connectivity index (χ3n) is 11.9. The average molecular weight is 814 g/mol. The van der Waals surface area contributed by atoms with E-state index in [9.17, 15) is 14.7 Å². The maximum Gasteiger partial charge on any atom is 0.306 e. The van der Waals surface area contributed by atoms with Crippen molar-refractivity contribution in [1.29, 1.82) is 0 Å². The first-order chi connectivity index (χ1) is 28.4. The summed E-state index contributed by atoms with van der Waals surface area (Å²) in [5.74, 6) is -0.0215. The van der Waals surface area contributed by atoms with E-state index in [1.165, 1.54) is 103 Å². The van der Waals surface area contributed by atoms with Crippen LogP contribution in [0.5, 0.6) is 0 Å². The molecular weight excluding hydrogens is 719 g/mol. The van der Waals surface area contributed by atoms with Gasteiger partial charge in [0.2, 0.25) is 0 Å². The van der Waals surface area contributed by atoms with Crippen LogP contribution in [0.4, 0.5) is 0 Å². The minimum atomic E-state index is -0.511. The van der Waals surface area contributed by atoms with Gasteiger partial charge in [-0.1, -0.05) is 186 Å². The Morgan fingerprint density at radius 3 is 1.16 bits per heavy atom. The molecule has 0 aliphatic heterocycles. The van der Waals surface area contributed by atoms with Crippen LogP contribution in [0, 0.1) is 0 Å². The van der Waals surface area contributed by atoms with E-state index >= 15 is 0 Å². The molecular formula is C52H95NO5. The molecule has 0 aromatic heterocycles. The first kappa shape index (κ1) is 54.1. The quantitative estimate of drug-likeness (QED) is 0.0523. The number of benzene rings is 1. The Balaban J connectivity index is 2.47. The van der Waals surface area contributed by atoms with Crippen LogP contribution in [-0.4, -0.2) is 53.8 Å². The molecule has 1 atom stereocenters. The number of carbonyl (C=O) groups is 2. The van der Waals surface area contributed by atoms with E-state index < -0.39 is 6.10 Å². The fourth-order valence-electron chi connectivity index (χ4n) is 8.15. The van der Waals surface area contributed by atoms with E-state index in [4.69, 9.17) is 9.47 Å². The van der Waals surface area contributed by atoms with Crippen molar-refractivity contribution in [2.24, 2.45) is 0 Å². The summed E-state index contributed by atoms with van der Waals surface area (Å²) in [5, 5.41) is 11.1.